The van der Waals surface area contributed by atoms with Crippen molar-refractivity contribution < 1.29 is 4.79 Å². The van der Waals surface area contributed by atoms with E-state index in [0.29, 0.717) is 21.6 Å². The molecule has 5 heteroatoms. The molecule has 0 radical (unpaired) electrons. The third-order valence-corrected chi connectivity index (χ3v) is 4.94. The third-order valence-electron chi connectivity index (χ3n) is 4.53. The maximum Gasteiger partial charge on any atom is 0.261 e. The van der Waals surface area contributed by atoms with Crippen molar-refractivity contribution in [1.82, 2.24) is 4.98 Å². The minimum Gasteiger partial charge on any atom is -0.360 e. The summed E-state index contributed by atoms with van der Waals surface area (Å²) in [7, 11) is 0. The number of H-pyrrole nitrogens is 1. The van der Waals surface area contributed by atoms with Crippen LogP contribution < -0.4 is 10.7 Å². The minimum atomic E-state index is -0.447. The van der Waals surface area contributed by atoms with Crippen LogP contribution in [-0.4, -0.2) is 10.9 Å². The Labute approximate surface area is 154 Å². The van der Waals surface area contributed by atoms with E-state index in [2.05, 4.69) is 10.3 Å². The van der Waals surface area contributed by atoms with Crippen LogP contribution in [0.25, 0.3) is 21.7 Å². The Balaban J connectivity index is 1.78. The largest absolute Gasteiger partial charge is 0.360 e. The Morgan fingerprint density at radius 2 is 1.77 bits per heavy atom. The third kappa shape index (κ3) is 2.65. The number of carbonyl (C=O) groups is 1. The van der Waals surface area contributed by atoms with Gasteiger partial charge in [0.15, 0.2) is 0 Å². The molecule has 0 atom stereocenters. The predicted octanol–water partition coefficient (Wildman–Crippen LogP) is 4.90. The first-order valence-electron chi connectivity index (χ1n) is 8.16. The molecule has 4 nitrogen and oxygen atoms in total. The summed E-state index contributed by atoms with van der Waals surface area (Å²) < 4.78 is 0. The molecule has 0 aliphatic carbocycles. The molecule has 4 rings (SSSR count). The van der Waals surface area contributed by atoms with Gasteiger partial charge in [0.05, 0.1) is 5.52 Å². The predicted molar refractivity (Wildman–Crippen MR) is 106 cm³/mol. The van der Waals surface area contributed by atoms with Crippen LogP contribution in [0.15, 0.2) is 65.6 Å². The van der Waals surface area contributed by atoms with Gasteiger partial charge in [0, 0.05) is 27.7 Å². The summed E-state index contributed by atoms with van der Waals surface area (Å²) in [6, 6.07) is 16.7. The number of aryl methyl sites for hydroxylation is 1. The second-order valence-corrected chi connectivity index (χ2v) is 6.51. The molecule has 0 saturated carbocycles. The Hall–Kier alpha value is -3.11. The maximum atomic E-state index is 12.8. The molecule has 3 aromatic carbocycles. The molecule has 26 heavy (non-hydrogen) atoms. The highest BCUT2D eigenvalue weighted by atomic mass is 35.5. The van der Waals surface area contributed by atoms with Crippen molar-refractivity contribution >= 4 is 44.9 Å². The van der Waals surface area contributed by atoms with Crippen LogP contribution in [0, 0.1) is 6.92 Å². The number of aromatic amines is 1. The second kappa shape index (κ2) is 6.32. The number of carbonyl (C=O) groups excluding carboxylic acids is 1. The highest BCUT2D eigenvalue weighted by Crippen LogP contribution is 2.24. The lowest BCUT2D eigenvalue weighted by atomic mass is 10.1. The molecule has 0 saturated heterocycles. The molecule has 1 aromatic heterocycles. The van der Waals surface area contributed by atoms with Crippen molar-refractivity contribution in [3.63, 3.8) is 0 Å². The molecule has 128 valence electrons. The molecule has 0 bridgehead atoms. The molecule has 1 amide bonds. The van der Waals surface area contributed by atoms with E-state index in [4.69, 9.17) is 11.6 Å². The summed E-state index contributed by atoms with van der Waals surface area (Å²) >= 11 is 6.10. The van der Waals surface area contributed by atoms with E-state index in [1.165, 1.54) is 6.20 Å². The number of fused-ring (bicyclic) bond motifs is 2. The monoisotopic (exact) mass is 362 g/mol. The summed E-state index contributed by atoms with van der Waals surface area (Å²) in [5.74, 6) is -0.447. The van der Waals surface area contributed by atoms with Crippen molar-refractivity contribution in [2.75, 3.05) is 5.32 Å². The summed E-state index contributed by atoms with van der Waals surface area (Å²) in [4.78, 5) is 28.5. The standard InChI is InChI=1S/C21H15ClN2O2/c1-12-17(22)10-9-15-19(12)23-11-16(20(15)25)21(26)24-18-8-4-6-13-5-2-3-7-14(13)18/h2-11H,1H3,(H,23,25)(H,24,26). The molecular weight excluding hydrogens is 348 g/mol. The van der Waals surface area contributed by atoms with Gasteiger partial charge in [0.1, 0.15) is 5.56 Å². The van der Waals surface area contributed by atoms with Gasteiger partial charge in [-0.3, -0.25) is 9.59 Å². The van der Waals surface area contributed by atoms with Crippen molar-refractivity contribution in [2.24, 2.45) is 0 Å². The minimum absolute atomic E-state index is 0.0622. The fourth-order valence-corrected chi connectivity index (χ4v) is 3.27. The number of anilines is 1. The highest BCUT2D eigenvalue weighted by molar-refractivity contribution is 6.32. The molecule has 0 fully saturated rings. The topological polar surface area (TPSA) is 62.0 Å². The van der Waals surface area contributed by atoms with Gasteiger partial charge in [0.2, 0.25) is 5.43 Å². The van der Waals surface area contributed by atoms with E-state index in [9.17, 15) is 9.59 Å². The first-order valence-corrected chi connectivity index (χ1v) is 8.53. The summed E-state index contributed by atoms with van der Waals surface area (Å²) in [5, 5.41) is 5.80. The number of benzene rings is 3. The fraction of sp³-hybridized carbons (Fsp3) is 0.0476. The SMILES string of the molecule is Cc1c(Cl)ccc2c(=O)c(C(=O)Nc3cccc4ccccc34)c[nH]c12. The van der Waals surface area contributed by atoms with Gasteiger partial charge in [-0.2, -0.15) is 0 Å². The van der Waals surface area contributed by atoms with Gasteiger partial charge in [-0.1, -0.05) is 48.0 Å². The maximum absolute atomic E-state index is 12.8. The molecule has 0 aliphatic heterocycles. The first kappa shape index (κ1) is 16.4. The smallest absolute Gasteiger partial charge is 0.261 e. The van der Waals surface area contributed by atoms with Crippen LogP contribution in [0.3, 0.4) is 0 Å². The Bertz CT molecular complexity index is 1220. The number of hydrogen-bond donors (Lipinski definition) is 2. The van der Waals surface area contributed by atoms with E-state index < -0.39 is 5.91 Å². The Morgan fingerprint density at radius 3 is 2.62 bits per heavy atom. The first-order chi connectivity index (χ1) is 12.6. The van der Waals surface area contributed by atoms with Gasteiger partial charge in [-0.15, -0.1) is 0 Å². The fourth-order valence-electron chi connectivity index (χ4n) is 3.11. The van der Waals surface area contributed by atoms with E-state index in [0.717, 1.165) is 16.3 Å². The Kier molecular flexibility index (Phi) is 3.98. The normalized spacial score (nSPS) is 11.0. The van der Waals surface area contributed by atoms with Crippen LogP contribution in [-0.2, 0) is 0 Å². The number of amides is 1. The van der Waals surface area contributed by atoms with E-state index in [1.54, 1.807) is 12.1 Å². The number of pyridine rings is 1. The molecule has 2 N–H and O–H groups in total. The lowest BCUT2D eigenvalue weighted by Crippen LogP contribution is -2.22. The van der Waals surface area contributed by atoms with Crippen LogP contribution >= 0.6 is 11.6 Å². The lowest BCUT2D eigenvalue weighted by Gasteiger charge is -2.10. The highest BCUT2D eigenvalue weighted by Gasteiger charge is 2.15. The van der Waals surface area contributed by atoms with Crippen molar-refractivity contribution in [2.45, 2.75) is 6.92 Å². The number of halogens is 1. The van der Waals surface area contributed by atoms with Gasteiger partial charge >= 0.3 is 0 Å². The number of aromatic nitrogens is 1. The van der Waals surface area contributed by atoms with E-state index in [1.807, 2.05) is 49.4 Å². The second-order valence-electron chi connectivity index (χ2n) is 6.11. The molecule has 4 aromatic rings. The molecule has 0 unspecified atom stereocenters. The van der Waals surface area contributed by atoms with Crippen LogP contribution in [0.4, 0.5) is 5.69 Å². The van der Waals surface area contributed by atoms with Crippen molar-refractivity contribution in [3.05, 3.63) is 87.2 Å². The van der Waals surface area contributed by atoms with Crippen LogP contribution in [0.2, 0.25) is 5.02 Å². The zero-order valence-corrected chi connectivity index (χ0v) is 14.7. The zero-order valence-electron chi connectivity index (χ0n) is 14.0. The molecule has 0 spiro atoms. The van der Waals surface area contributed by atoms with E-state index >= 15 is 0 Å². The summed E-state index contributed by atoms with van der Waals surface area (Å²) in [5.41, 5.74) is 1.83. The lowest BCUT2D eigenvalue weighted by molar-refractivity contribution is 0.102. The van der Waals surface area contributed by atoms with Gasteiger partial charge < -0.3 is 10.3 Å². The average Bonchev–Trinajstić information content (AvgIpc) is 2.65. The average molecular weight is 363 g/mol. The van der Waals surface area contributed by atoms with Crippen molar-refractivity contribution in [1.29, 1.82) is 0 Å². The summed E-state index contributed by atoms with van der Waals surface area (Å²) in [6.07, 6.45) is 1.44. The van der Waals surface area contributed by atoms with E-state index in [-0.39, 0.29) is 11.0 Å². The number of rotatable bonds is 2. The molecule has 1 heterocycles. The zero-order chi connectivity index (χ0) is 18.3. The quantitative estimate of drug-likeness (QED) is 0.533. The summed E-state index contributed by atoms with van der Waals surface area (Å²) in [6.45, 7) is 1.83. The van der Waals surface area contributed by atoms with Gasteiger partial charge in [-0.05, 0) is 36.1 Å². The van der Waals surface area contributed by atoms with Gasteiger partial charge in [0.25, 0.3) is 5.91 Å². The van der Waals surface area contributed by atoms with Crippen LogP contribution in [0.1, 0.15) is 15.9 Å². The number of hydrogen-bond acceptors (Lipinski definition) is 2. The number of nitrogens with one attached hydrogen (secondary N) is 2. The Morgan fingerprint density at radius 1 is 1.00 bits per heavy atom. The van der Waals surface area contributed by atoms with Crippen molar-refractivity contribution in [3.8, 4) is 0 Å². The molecular formula is C21H15ClN2O2. The van der Waals surface area contributed by atoms with Gasteiger partial charge in [-0.25, -0.2) is 0 Å². The molecule has 0 aliphatic rings. The van der Waals surface area contributed by atoms with Crippen LogP contribution in [0.5, 0.6) is 0 Å².